The Morgan fingerprint density at radius 2 is 2.10 bits per heavy atom. The Morgan fingerprint density at radius 1 is 1.30 bits per heavy atom. The van der Waals surface area contributed by atoms with Crippen LogP contribution in [0.3, 0.4) is 0 Å². The third-order valence-electron chi connectivity index (χ3n) is 3.45. The molecule has 1 fully saturated rings. The molecule has 0 aliphatic carbocycles. The van der Waals surface area contributed by atoms with E-state index in [0.717, 1.165) is 6.42 Å². The summed E-state index contributed by atoms with van der Waals surface area (Å²) < 4.78 is 11.6. The van der Waals surface area contributed by atoms with Gasteiger partial charge >= 0.3 is 0 Å². The third kappa shape index (κ3) is 4.62. The highest BCUT2D eigenvalue weighted by Crippen LogP contribution is 2.25. The van der Waals surface area contributed by atoms with Gasteiger partial charge in [-0.15, -0.1) is 11.6 Å². The molecule has 0 amide bonds. The van der Waals surface area contributed by atoms with Crippen LogP contribution in [-0.4, -0.2) is 24.9 Å². The fourth-order valence-electron chi connectivity index (χ4n) is 2.32. The van der Waals surface area contributed by atoms with Crippen LogP contribution >= 0.6 is 11.6 Å². The van der Waals surface area contributed by atoms with Gasteiger partial charge in [0.2, 0.25) is 0 Å². The maximum atomic E-state index is 5.85. The lowest BCUT2D eigenvalue weighted by Gasteiger charge is -2.15. The third-order valence-corrected chi connectivity index (χ3v) is 3.79. The molecule has 1 saturated heterocycles. The van der Waals surface area contributed by atoms with Gasteiger partial charge in [0.25, 0.3) is 0 Å². The number of hydrogen-bond acceptors (Lipinski definition) is 2. The SMILES string of the molecule is CCCCCC(=Cc1ccccc1)C1OCC(CCl)O1. The number of benzene rings is 1. The molecule has 0 saturated carbocycles. The topological polar surface area (TPSA) is 18.5 Å². The van der Waals surface area contributed by atoms with Crippen molar-refractivity contribution in [1.29, 1.82) is 0 Å². The van der Waals surface area contributed by atoms with Gasteiger partial charge < -0.3 is 9.47 Å². The molecule has 110 valence electrons. The van der Waals surface area contributed by atoms with Crippen LogP contribution in [0.2, 0.25) is 0 Å². The summed E-state index contributed by atoms with van der Waals surface area (Å²) in [6, 6.07) is 10.3. The van der Waals surface area contributed by atoms with Crippen LogP contribution in [0, 0.1) is 0 Å². The van der Waals surface area contributed by atoms with Gasteiger partial charge in [-0.2, -0.15) is 0 Å². The lowest BCUT2D eigenvalue weighted by molar-refractivity contribution is -0.0261. The molecular weight excluding hydrogens is 272 g/mol. The molecule has 2 rings (SSSR count). The van der Waals surface area contributed by atoms with Gasteiger partial charge in [-0.1, -0.05) is 56.2 Å². The van der Waals surface area contributed by atoms with Crippen molar-refractivity contribution in [2.75, 3.05) is 12.5 Å². The van der Waals surface area contributed by atoms with Gasteiger partial charge in [-0.05, 0) is 24.0 Å². The maximum absolute atomic E-state index is 5.85. The minimum Gasteiger partial charge on any atom is -0.346 e. The normalized spacial score (nSPS) is 23.2. The Labute approximate surface area is 126 Å². The Kier molecular flexibility index (Phi) is 6.58. The second-order valence-corrected chi connectivity index (χ2v) is 5.47. The monoisotopic (exact) mass is 294 g/mol. The van der Waals surface area contributed by atoms with E-state index in [1.165, 1.54) is 30.4 Å². The van der Waals surface area contributed by atoms with Crippen molar-refractivity contribution in [1.82, 2.24) is 0 Å². The lowest BCUT2D eigenvalue weighted by Crippen LogP contribution is -2.15. The first-order valence-corrected chi connectivity index (χ1v) is 7.95. The van der Waals surface area contributed by atoms with Crippen LogP contribution in [0.1, 0.15) is 38.2 Å². The quantitative estimate of drug-likeness (QED) is 0.539. The number of ether oxygens (including phenoxy) is 2. The van der Waals surface area contributed by atoms with Crippen molar-refractivity contribution < 1.29 is 9.47 Å². The smallest absolute Gasteiger partial charge is 0.180 e. The molecule has 0 N–H and O–H groups in total. The summed E-state index contributed by atoms with van der Waals surface area (Å²) in [5.41, 5.74) is 2.41. The van der Waals surface area contributed by atoms with E-state index in [9.17, 15) is 0 Å². The Balaban J connectivity index is 2.06. The predicted octanol–water partition coefficient (Wildman–Crippen LogP) is 4.63. The minimum absolute atomic E-state index is 0.0204. The van der Waals surface area contributed by atoms with Crippen LogP contribution < -0.4 is 0 Å². The number of halogens is 1. The molecule has 0 aromatic heterocycles. The molecule has 1 heterocycles. The molecule has 2 nitrogen and oxygen atoms in total. The molecule has 1 aromatic rings. The van der Waals surface area contributed by atoms with Crippen LogP contribution in [0.15, 0.2) is 35.9 Å². The molecule has 2 unspecified atom stereocenters. The second-order valence-electron chi connectivity index (χ2n) is 5.16. The maximum Gasteiger partial charge on any atom is 0.180 e. The van der Waals surface area contributed by atoms with Gasteiger partial charge in [-0.3, -0.25) is 0 Å². The van der Waals surface area contributed by atoms with Crippen LogP contribution in [0.4, 0.5) is 0 Å². The van der Waals surface area contributed by atoms with E-state index in [2.05, 4.69) is 25.1 Å². The fourth-order valence-corrected chi connectivity index (χ4v) is 2.49. The van der Waals surface area contributed by atoms with E-state index in [4.69, 9.17) is 21.1 Å². The van der Waals surface area contributed by atoms with Gasteiger partial charge in [0.1, 0.15) is 0 Å². The highest BCUT2D eigenvalue weighted by atomic mass is 35.5. The summed E-state index contributed by atoms with van der Waals surface area (Å²) in [6.07, 6.45) is 6.62. The van der Waals surface area contributed by atoms with Gasteiger partial charge in [0.15, 0.2) is 6.29 Å². The highest BCUT2D eigenvalue weighted by molar-refractivity contribution is 6.18. The van der Waals surface area contributed by atoms with Crippen molar-refractivity contribution in [2.45, 2.75) is 45.0 Å². The van der Waals surface area contributed by atoms with Crippen molar-refractivity contribution in [2.24, 2.45) is 0 Å². The molecule has 1 aliphatic heterocycles. The summed E-state index contributed by atoms with van der Waals surface area (Å²) in [4.78, 5) is 0. The first kappa shape index (κ1) is 15.6. The Morgan fingerprint density at radius 3 is 2.75 bits per heavy atom. The van der Waals surface area contributed by atoms with Crippen molar-refractivity contribution in [3.05, 3.63) is 41.5 Å². The van der Waals surface area contributed by atoms with Crippen molar-refractivity contribution in [3.63, 3.8) is 0 Å². The van der Waals surface area contributed by atoms with Gasteiger partial charge in [-0.25, -0.2) is 0 Å². The second kappa shape index (κ2) is 8.46. The van der Waals surface area contributed by atoms with Crippen LogP contribution in [-0.2, 0) is 9.47 Å². The number of hydrogen-bond donors (Lipinski definition) is 0. The Bertz CT molecular complexity index is 416. The van der Waals surface area contributed by atoms with Crippen molar-refractivity contribution in [3.8, 4) is 0 Å². The molecule has 2 atom stereocenters. The van der Waals surface area contributed by atoms with Gasteiger partial charge in [0, 0.05) is 0 Å². The zero-order valence-electron chi connectivity index (χ0n) is 12.1. The molecule has 0 bridgehead atoms. The highest BCUT2D eigenvalue weighted by Gasteiger charge is 2.27. The standard InChI is InChI=1S/C17H23ClO2/c1-2-3-5-10-15(11-14-8-6-4-7-9-14)17-19-13-16(12-18)20-17/h4,6-9,11,16-17H,2-3,5,10,12-13H2,1H3. The van der Waals surface area contributed by atoms with Crippen LogP contribution in [0.25, 0.3) is 6.08 Å². The summed E-state index contributed by atoms with van der Waals surface area (Å²) in [6.45, 7) is 2.81. The predicted molar refractivity (Wildman–Crippen MR) is 83.9 cm³/mol. The number of alkyl halides is 1. The molecule has 1 aliphatic rings. The fraction of sp³-hybridized carbons (Fsp3) is 0.529. The lowest BCUT2D eigenvalue weighted by atomic mass is 10.0. The van der Waals surface area contributed by atoms with E-state index in [0.29, 0.717) is 12.5 Å². The summed E-state index contributed by atoms with van der Waals surface area (Å²) in [5.74, 6) is 0.490. The zero-order valence-corrected chi connectivity index (χ0v) is 12.8. The van der Waals surface area contributed by atoms with Crippen LogP contribution in [0.5, 0.6) is 0 Å². The number of rotatable bonds is 7. The summed E-state index contributed by atoms with van der Waals surface area (Å²) in [7, 11) is 0. The molecule has 1 aromatic carbocycles. The van der Waals surface area contributed by atoms with E-state index in [1.54, 1.807) is 0 Å². The molecule has 0 radical (unpaired) electrons. The average molecular weight is 295 g/mol. The van der Waals surface area contributed by atoms with E-state index >= 15 is 0 Å². The summed E-state index contributed by atoms with van der Waals surface area (Å²) in [5, 5.41) is 0. The average Bonchev–Trinajstić information content (AvgIpc) is 2.96. The first-order chi connectivity index (χ1) is 9.83. The molecule has 20 heavy (non-hydrogen) atoms. The summed E-state index contributed by atoms with van der Waals surface area (Å²) >= 11 is 5.84. The van der Waals surface area contributed by atoms with E-state index < -0.39 is 0 Å². The van der Waals surface area contributed by atoms with Crippen molar-refractivity contribution >= 4 is 17.7 Å². The zero-order chi connectivity index (χ0) is 14.2. The number of unbranched alkanes of at least 4 members (excludes halogenated alkanes) is 2. The molecule has 0 spiro atoms. The Hall–Kier alpha value is -0.830. The minimum atomic E-state index is -0.226. The van der Waals surface area contributed by atoms with Gasteiger partial charge in [0.05, 0.1) is 18.6 Å². The first-order valence-electron chi connectivity index (χ1n) is 7.42. The van der Waals surface area contributed by atoms with E-state index in [-0.39, 0.29) is 12.4 Å². The molecule has 3 heteroatoms. The molecular formula is C17H23ClO2. The largest absolute Gasteiger partial charge is 0.346 e. The van der Waals surface area contributed by atoms with E-state index in [1.807, 2.05) is 18.2 Å².